The Labute approximate surface area is 56.7 Å². The summed E-state index contributed by atoms with van der Waals surface area (Å²) in [6, 6.07) is 0. The van der Waals surface area contributed by atoms with E-state index in [1.807, 2.05) is 13.0 Å². The Balaban J connectivity index is 3.09. The molecule has 0 aromatic carbocycles. The summed E-state index contributed by atoms with van der Waals surface area (Å²) in [7, 11) is 0. The van der Waals surface area contributed by atoms with Gasteiger partial charge in [-0.15, -0.1) is 6.58 Å². The minimum Gasteiger partial charge on any atom is -0.392 e. The minimum absolute atomic E-state index is 0.149. The zero-order chi connectivity index (χ0) is 7.11. The average molecular weight is 126 g/mol. The Morgan fingerprint density at radius 3 is 2.67 bits per heavy atom. The molecule has 0 fully saturated rings. The third-order valence-corrected chi connectivity index (χ3v) is 1.01. The maximum absolute atomic E-state index is 8.32. The first-order chi connectivity index (χ1) is 4.27. The van der Waals surface area contributed by atoms with Gasteiger partial charge >= 0.3 is 0 Å². The summed E-state index contributed by atoms with van der Waals surface area (Å²) in [6.07, 6.45) is 5.74. The standard InChI is InChI=1S/C8H14O/c1-8(2)6-4-3-5-7-9/h3,5,9H,1,4,6-7H2,2H3/b5-3-. The van der Waals surface area contributed by atoms with Gasteiger partial charge < -0.3 is 5.11 Å². The number of aliphatic hydroxyl groups is 1. The fourth-order valence-corrected chi connectivity index (χ4v) is 0.522. The van der Waals surface area contributed by atoms with Crippen molar-refractivity contribution in [1.29, 1.82) is 0 Å². The maximum Gasteiger partial charge on any atom is 0.0612 e. The van der Waals surface area contributed by atoms with Crippen LogP contribution in [0.3, 0.4) is 0 Å². The van der Waals surface area contributed by atoms with E-state index in [-0.39, 0.29) is 6.61 Å². The highest BCUT2D eigenvalue weighted by Crippen LogP contribution is 1.99. The van der Waals surface area contributed by atoms with Gasteiger partial charge in [-0.25, -0.2) is 0 Å². The molecular formula is C8H14O. The van der Waals surface area contributed by atoms with Crippen molar-refractivity contribution in [3.63, 3.8) is 0 Å². The predicted molar refractivity (Wildman–Crippen MR) is 40.3 cm³/mol. The first-order valence-corrected chi connectivity index (χ1v) is 3.17. The van der Waals surface area contributed by atoms with Crippen molar-refractivity contribution in [2.75, 3.05) is 6.61 Å². The summed E-state index contributed by atoms with van der Waals surface area (Å²) < 4.78 is 0. The zero-order valence-corrected chi connectivity index (χ0v) is 5.93. The van der Waals surface area contributed by atoms with Gasteiger partial charge in [0.15, 0.2) is 0 Å². The number of rotatable bonds is 4. The van der Waals surface area contributed by atoms with Gasteiger partial charge in [0.25, 0.3) is 0 Å². The Kier molecular flexibility index (Phi) is 5.23. The molecule has 0 amide bonds. The van der Waals surface area contributed by atoms with E-state index in [4.69, 9.17) is 5.11 Å². The second kappa shape index (κ2) is 5.57. The molecule has 0 rings (SSSR count). The number of allylic oxidation sites excluding steroid dienone is 2. The highest BCUT2D eigenvalue weighted by Gasteiger charge is 1.80. The molecule has 0 heterocycles. The molecule has 0 saturated heterocycles. The highest BCUT2D eigenvalue weighted by molar-refractivity contribution is 4.92. The third-order valence-electron chi connectivity index (χ3n) is 1.01. The molecule has 1 heteroatoms. The molecule has 0 aliphatic carbocycles. The number of hydrogen-bond donors (Lipinski definition) is 1. The molecule has 0 aromatic heterocycles. The molecule has 0 bridgehead atoms. The van der Waals surface area contributed by atoms with Crippen LogP contribution in [0.1, 0.15) is 19.8 Å². The topological polar surface area (TPSA) is 20.2 Å². The summed E-state index contributed by atoms with van der Waals surface area (Å²) in [5, 5.41) is 8.32. The van der Waals surface area contributed by atoms with Crippen LogP contribution in [-0.4, -0.2) is 11.7 Å². The first kappa shape index (κ1) is 8.44. The van der Waals surface area contributed by atoms with Gasteiger partial charge in [0, 0.05) is 0 Å². The summed E-state index contributed by atoms with van der Waals surface area (Å²) >= 11 is 0. The molecule has 52 valence electrons. The summed E-state index contributed by atoms with van der Waals surface area (Å²) in [6.45, 7) is 5.91. The quantitative estimate of drug-likeness (QED) is 0.570. The van der Waals surface area contributed by atoms with Crippen molar-refractivity contribution in [3.05, 3.63) is 24.3 Å². The largest absolute Gasteiger partial charge is 0.392 e. The fraction of sp³-hybridized carbons (Fsp3) is 0.500. The smallest absolute Gasteiger partial charge is 0.0612 e. The van der Waals surface area contributed by atoms with Gasteiger partial charge in [0.05, 0.1) is 6.61 Å². The molecule has 0 atom stereocenters. The lowest BCUT2D eigenvalue weighted by atomic mass is 10.2. The molecule has 1 nitrogen and oxygen atoms in total. The van der Waals surface area contributed by atoms with E-state index in [0.29, 0.717) is 0 Å². The van der Waals surface area contributed by atoms with E-state index in [0.717, 1.165) is 12.8 Å². The molecular weight excluding hydrogens is 112 g/mol. The van der Waals surface area contributed by atoms with Crippen LogP contribution in [0.25, 0.3) is 0 Å². The normalized spacial score (nSPS) is 10.4. The first-order valence-electron chi connectivity index (χ1n) is 3.17. The fourth-order valence-electron chi connectivity index (χ4n) is 0.522. The molecule has 0 aliphatic rings. The second-order valence-electron chi connectivity index (χ2n) is 2.15. The minimum atomic E-state index is 0.149. The highest BCUT2D eigenvalue weighted by atomic mass is 16.2. The predicted octanol–water partition coefficient (Wildman–Crippen LogP) is 1.89. The molecule has 0 aromatic rings. The van der Waals surface area contributed by atoms with E-state index in [9.17, 15) is 0 Å². The van der Waals surface area contributed by atoms with Crippen LogP contribution in [0.15, 0.2) is 24.3 Å². The van der Waals surface area contributed by atoms with Crippen LogP contribution < -0.4 is 0 Å². The van der Waals surface area contributed by atoms with E-state index in [1.54, 1.807) is 6.08 Å². The van der Waals surface area contributed by atoms with Gasteiger partial charge in [0.1, 0.15) is 0 Å². The van der Waals surface area contributed by atoms with Gasteiger partial charge in [-0.1, -0.05) is 17.7 Å². The molecule has 0 unspecified atom stereocenters. The van der Waals surface area contributed by atoms with Crippen molar-refractivity contribution >= 4 is 0 Å². The molecule has 0 spiro atoms. The molecule has 1 N–H and O–H groups in total. The SMILES string of the molecule is C=C(C)CC/C=C\CO. The van der Waals surface area contributed by atoms with Gasteiger partial charge in [0.2, 0.25) is 0 Å². The summed E-state index contributed by atoms with van der Waals surface area (Å²) in [5.74, 6) is 0. The third kappa shape index (κ3) is 7.44. The van der Waals surface area contributed by atoms with Crippen molar-refractivity contribution < 1.29 is 5.11 Å². The Morgan fingerprint density at radius 1 is 1.56 bits per heavy atom. The molecule has 0 saturated carbocycles. The van der Waals surface area contributed by atoms with E-state index >= 15 is 0 Å². The number of hydrogen-bond acceptors (Lipinski definition) is 1. The van der Waals surface area contributed by atoms with Crippen molar-refractivity contribution in [1.82, 2.24) is 0 Å². The monoisotopic (exact) mass is 126 g/mol. The lowest BCUT2D eigenvalue weighted by molar-refractivity contribution is 0.342. The number of aliphatic hydroxyl groups excluding tert-OH is 1. The van der Waals surface area contributed by atoms with Crippen molar-refractivity contribution in [2.45, 2.75) is 19.8 Å². The van der Waals surface area contributed by atoms with E-state index < -0.39 is 0 Å². The van der Waals surface area contributed by atoms with Crippen LogP contribution in [0, 0.1) is 0 Å². The van der Waals surface area contributed by atoms with Crippen LogP contribution in [0.4, 0.5) is 0 Å². The van der Waals surface area contributed by atoms with Gasteiger partial charge in [-0.2, -0.15) is 0 Å². The molecule has 9 heavy (non-hydrogen) atoms. The van der Waals surface area contributed by atoms with E-state index in [2.05, 4.69) is 6.58 Å². The maximum atomic E-state index is 8.32. The van der Waals surface area contributed by atoms with Crippen molar-refractivity contribution in [2.24, 2.45) is 0 Å². The van der Waals surface area contributed by atoms with Crippen LogP contribution >= 0.6 is 0 Å². The lowest BCUT2D eigenvalue weighted by Crippen LogP contribution is -1.74. The Hall–Kier alpha value is -0.560. The van der Waals surface area contributed by atoms with Gasteiger partial charge in [-0.3, -0.25) is 0 Å². The average Bonchev–Trinajstić information content (AvgIpc) is 1.80. The molecule has 0 radical (unpaired) electrons. The van der Waals surface area contributed by atoms with Crippen molar-refractivity contribution in [3.8, 4) is 0 Å². The zero-order valence-electron chi connectivity index (χ0n) is 5.93. The Morgan fingerprint density at radius 2 is 2.22 bits per heavy atom. The second-order valence-corrected chi connectivity index (χ2v) is 2.15. The Bertz CT molecular complexity index is 103. The summed E-state index contributed by atoms with van der Waals surface area (Å²) in [5.41, 5.74) is 1.19. The van der Waals surface area contributed by atoms with Crippen LogP contribution in [-0.2, 0) is 0 Å². The van der Waals surface area contributed by atoms with Gasteiger partial charge in [-0.05, 0) is 19.8 Å². The molecule has 0 aliphatic heterocycles. The lowest BCUT2D eigenvalue weighted by Gasteiger charge is -1.90. The van der Waals surface area contributed by atoms with E-state index in [1.165, 1.54) is 5.57 Å². The summed E-state index contributed by atoms with van der Waals surface area (Å²) in [4.78, 5) is 0. The van der Waals surface area contributed by atoms with Crippen LogP contribution in [0.2, 0.25) is 0 Å². The van der Waals surface area contributed by atoms with Crippen LogP contribution in [0.5, 0.6) is 0 Å².